The summed E-state index contributed by atoms with van der Waals surface area (Å²) in [5.74, 6) is 0.646. The smallest absolute Gasteiger partial charge is 0.272 e. The number of hydrogen-bond acceptors (Lipinski definition) is 5. The first-order valence-electron chi connectivity index (χ1n) is 11.2. The molecule has 5 aromatic rings. The Hall–Kier alpha value is -3.84. The van der Waals surface area contributed by atoms with E-state index >= 15 is 0 Å². The van der Waals surface area contributed by atoms with Crippen LogP contribution in [0.3, 0.4) is 0 Å². The summed E-state index contributed by atoms with van der Waals surface area (Å²) in [5.41, 5.74) is 4.18. The van der Waals surface area contributed by atoms with Crippen LogP contribution < -0.4 is 10.9 Å². The van der Waals surface area contributed by atoms with Crippen molar-refractivity contribution in [3.8, 4) is 11.3 Å². The predicted octanol–water partition coefficient (Wildman–Crippen LogP) is 5.74. The van der Waals surface area contributed by atoms with Crippen LogP contribution in [0.5, 0.6) is 0 Å². The van der Waals surface area contributed by atoms with Crippen LogP contribution in [0.15, 0.2) is 71.5 Å². The molecule has 1 N–H and O–H groups in total. The molecule has 7 heteroatoms. The molecule has 1 amide bonds. The van der Waals surface area contributed by atoms with Gasteiger partial charge in [0, 0.05) is 16.6 Å². The molecule has 3 heterocycles. The van der Waals surface area contributed by atoms with E-state index in [0.29, 0.717) is 27.6 Å². The third-order valence-electron chi connectivity index (χ3n) is 5.87. The number of aromatic nitrogens is 3. The van der Waals surface area contributed by atoms with Crippen LogP contribution in [0.2, 0.25) is 0 Å². The Balaban J connectivity index is 1.46. The molecule has 0 aliphatic carbocycles. The highest BCUT2D eigenvalue weighted by atomic mass is 32.1. The first-order chi connectivity index (χ1) is 16.4. The molecule has 3 aromatic heterocycles. The molecule has 0 aliphatic rings. The SMILES string of the molecule is Cc1nc2c(sc3nc(-c4ccccc4)ccc32)c(=O)n1CC(=O)Nc1ccc(C(C)C)cc1. The van der Waals surface area contributed by atoms with Gasteiger partial charge in [-0.1, -0.05) is 56.3 Å². The number of hydrogen-bond donors (Lipinski definition) is 1. The number of aryl methyl sites for hydroxylation is 1. The van der Waals surface area contributed by atoms with Crippen molar-refractivity contribution in [3.63, 3.8) is 0 Å². The summed E-state index contributed by atoms with van der Waals surface area (Å²) in [7, 11) is 0. The second-order valence-corrected chi connectivity index (χ2v) is 9.57. The topological polar surface area (TPSA) is 76.9 Å². The fourth-order valence-corrected chi connectivity index (χ4v) is 5.03. The highest BCUT2D eigenvalue weighted by Crippen LogP contribution is 2.31. The molecule has 34 heavy (non-hydrogen) atoms. The molecule has 2 aromatic carbocycles. The zero-order chi connectivity index (χ0) is 23.8. The van der Waals surface area contributed by atoms with E-state index in [1.165, 1.54) is 21.5 Å². The van der Waals surface area contributed by atoms with Crippen LogP contribution in [0.4, 0.5) is 5.69 Å². The van der Waals surface area contributed by atoms with E-state index in [0.717, 1.165) is 21.5 Å². The van der Waals surface area contributed by atoms with Crippen molar-refractivity contribution in [2.75, 3.05) is 5.32 Å². The normalized spacial score (nSPS) is 11.4. The van der Waals surface area contributed by atoms with Gasteiger partial charge in [0.1, 0.15) is 21.9 Å². The Bertz CT molecular complexity index is 1570. The van der Waals surface area contributed by atoms with Crippen LogP contribution in [-0.2, 0) is 11.3 Å². The van der Waals surface area contributed by atoms with Crippen LogP contribution in [0.25, 0.3) is 31.7 Å². The van der Waals surface area contributed by atoms with Crippen molar-refractivity contribution in [1.29, 1.82) is 0 Å². The van der Waals surface area contributed by atoms with Crippen molar-refractivity contribution in [2.45, 2.75) is 33.2 Å². The fourth-order valence-electron chi connectivity index (χ4n) is 3.96. The third kappa shape index (κ3) is 4.10. The second-order valence-electron chi connectivity index (χ2n) is 8.57. The standard InChI is InChI=1S/C27H24N4O2S/c1-16(2)18-9-11-20(12-10-18)29-23(32)15-31-17(3)28-24-21-13-14-22(19-7-5-4-6-8-19)30-26(21)34-25(24)27(31)33/h4-14,16H,15H2,1-3H3,(H,29,32). The van der Waals surface area contributed by atoms with Gasteiger partial charge in [0.05, 0.1) is 11.2 Å². The largest absolute Gasteiger partial charge is 0.325 e. The molecule has 0 aliphatic heterocycles. The van der Waals surface area contributed by atoms with Gasteiger partial charge in [0.25, 0.3) is 5.56 Å². The highest BCUT2D eigenvalue weighted by molar-refractivity contribution is 7.25. The van der Waals surface area contributed by atoms with Crippen molar-refractivity contribution >= 4 is 43.4 Å². The molecular formula is C27H24N4O2S. The van der Waals surface area contributed by atoms with Crippen molar-refractivity contribution in [2.24, 2.45) is 0 Å². The maximum Gasteiger partial charge on any atom is 0.272 e. The lowest BCUT2D eigenvalue weighted by Gasteiger charge is -2.11. The monoisotopic (exact) mass is 468 g/mol. The molecule has 0 bridgehead atoms. The number of nitrogens with one attached hydrogen (secondary N) is 1. The maximum atomic E-state index is 13.3. The molecule has 0 spiro atoms. The van der Waals surface area contributed by atoms with Gasteiger partial charge in [-0.2, -0.15) is 0 Å². The summed E-state index contributed by atoms with van der Waals surface area (Å²) >= 11 is 1.32. The summed E-state index contributed by atoms with van der Waals surface area (Å²) in [4.78, 5) is 36.2. The Morgan fingerprint density at radius 2 is 1.74 bits per heavy atom. The van der Waals surface area contributed by atoms with Crippen LogP contribution in [0.1, 0.15) is 31.2 Å². The van der Waals surface area contributed by atoms with Gasteiger partial charge in [-0.3, -0.25) is 14.2 Å². The van der Waals surface area contributed by atoms with Crippen LogP contribution in [-0.4, -0.2) is 20.4 Å². The summed E-state index contributed by atoms with van der Waals surface area (Å²) in [6, 6.07) is 21.6. The van der Waals surface area contributed by atoms with Gasteiger partial charge in [-0.15, -0.1) is 11.3 Å². The molecule has 6 nitrogen and oxygen atoms in total. The van der Waals surface area contributed by atoms with Gasteiger partial charge in [0.2, 0.25) is 5.91 Å². The van der Waals surface area contributed by atoms with Crippen LogP contribution in [0, 0.1) is 6.92 Å². The quantitative estimate of drug-likeness (QED) is 0.357. The lowest BCUT2D eigenvalue weighted by molar-refractivity contribution is -0.116. The Labute approximate surface area is 200 Å². The maximum absolute atomic E-state index is 13.3. The first kappa shape index (κ1) is 22.0. The number of amides is 1. The first-order valence-corrected chi connectivity index (χ1v) is 12.0. The summed E-state index contributed by atoms with van der Waals surface area (Å²) in [6.07, 6.45) is 0. The minimum Gasteiger partial charge on any atom is -0.325 e. The summed E-state index contributed by atoms with van der Waals surface area (Å²) in [5, 5.41) is 3.72. The molecule has 5 rings (SSSR count). The summed E-state index contributed by atoms with van der Waals surface area (Å²) in [6.45, 7) is 5.90. The molecule has 0 atom stereocenters. The summed E-state index contributed by atoms with van der Waals surface area (Å²) < 4.78 is 1.93. The van der Waals surface area contributed by atoms with Gasteiger partial charge >= 0.3 is 0 Å². The highest BCUT2D eigenvalue weighted by Gasteiger charge is 2.17. The van der Waals surface area contributed by atoms with E-state index in [9.17, 15) is 9.59 Å². The van der Waals surface area contributed by atoms with Gasteiger partial charge in [-0.05, 0) is 42.7 Å². The molecule has 0 saturated heterocycles. The minimum atomic E-state index is -0.269. The molecule has 0 fully saturated rings. The lowest BCUT2D eigenvalue weighted by Crippen LogP contribution is -2.29. The van der Waals surface area contributed by atoms with Gasteiger partial charge in [-0.25, -0.2) is 9.97 Å². The van der Waals surface area contributed by atoms with Crippen molar-refractivity contribution < 1.29 is 4.79 Å². The van der Waals surface area contributed by atoms with E-state index < -0.39 is 0 Å². The number of rotatable bonds is 5. The number of thiophene rings is 1. The number of carbonyl (C=O) groups is 1. The number of pyridine rings is 1. The Morgan fingerprint density at radius 3 is 2.44 bits per heavy atom. The molecule has 0 saturated carbocycles. The minimum absolute atomic E-state index is 0.101. The molecule has 0 radical (unpaired) electrons. The zero-order valence-corrected chi connectivity index (χ0v) is 20.0. The average molecular weight is 469 g/mol. The Morgan fingerprint density at radius 1 is 1.00 bits per heavy atom. The van der Waals surface area contributed by atoms with E-state index in [1.54, 1.807) is 6.92 Å². The second kappa shape index (κ2) is 8.83. The number of anilines is 1. The van der Waals surface area contributed by atoms with Crippen LogP contribution >= 0.6 is 11.3 Å². The fraction of sp³-hybridized carbons (Fsp3) is 0.185. The molecule has 0 unspecified atom stereocenters. The number of carbonyl (C=O) groups excluding carboxylic acids is 1. The van der Waals surface area contributed by atoms with E-state index in [2.05, 4.69) is 24.1 Å². The van der Waals surface area contributed by atoms with Gasteiger partial charge < -0.3 is 5.32 Å². The zero-order valence-electron chi connectivity index (χ0n) is 19.2. The van der Waals surface area contributed by atoms with Gasteiger partial charge in [0.15, 0.2) is 0 Å². The van der Waals surface area contributed by atoms with E-state index in [1.807, 2.05) is 66.7 Å². The third-order valence-corrected chi connectivity index (χ3v) is 6.94. The predicted molar refractivity (Wildman–Crippen MR) is 139 cm³/mol. The number of fused-ring (bicyclic) bond motifs is 3. The number of benzene rings is 2. The van der Waals surface area contributed by atoms with E-state index in [4.69, 9.17) is 4.98 Å². The molecular weight excluding hydrogens is 444 g/mol. The number of nitrogens with zero attached hydrogens (tertiary/aromatic N) is 3. The lowest BCUT2D eigenvalue weighted by atomic mass is 10.0. The van der Waals surface area contributed by atoms with E-state index in [-0.39, 0.29) is 18.0 Å². The molecule has 170 valence electrons. The van der Waals surface area contributed by atoms with Crippen molar-refractivity contribution in [1.82, 2.24) is 14.5 Å². The Kier molecular flexibility index (Phi) is 5.71. The van der Waals surface area contributed by atoms with Crippen molar-refractivity contribution in [3.05, 3.63) is 88.5 Å². The average Bonchev–Trinajstić information content (AvgIpc) is 3.20.